The van der Waals surface area contributed by atoms with Crippen LogP contribution in [0.2, 0.25) is 0 Å². The minimum Gasteiger partial charge on any atom is -0.289 e. The van der Waals surface area contributed by atoms with E-state index in [-0.39, 0.29) is 15.6 Å². The lowest BCUT2D eigenvalue weighted by Crippen LogP contribution is -2.09. The van der Waals surface area contributed by atoms with Crippen LogP contribution in [0.4, 0.5) is 17.6 Å². The van der Waals surface area contributed by atoms with E-state index in [0.717, 1.165) is 18.2 Å². The molecule has 0 aliphatic carbocycles. The largest absolute Gasteiger partial charge is 0.417 e. The van der Waals surface area contributed by atoms with E-state index < -0.39 is 23.3 Å². The van der Waals surface area contributed by atoms with Crippen LogP contribution in [-0.4, -0.2) is 5.78 Å². The zero-order chi connectivity index (χ0) is 15.8. The Morgan fingerprint density at radius 1 is 1.05 bits per heavy atom. The summed E-state index contributed by atoms with van der Waals surface area (Å²) in [5.74, 6) is -1.24. The molecule has 1 nitrogen and oxygen atoms in total. The molecular formula is C15H9BrF4O. The number of aryl methyl sites for hydroxylation is 1. The number of halogens is 5. The highest BCUT2D eigenvalue weighted by atomic mass is 79.9. The van der Waals surface area contributed by atoms with Crippen molar-refractivity contribution in [2.24, 2.45) is 0 Å². The fraction of sp³-hybridized carbons (Fsp3) is 0.133. The molecule has 2 aromatic carbocycles. The maximum atomic E-state index is 13.4. The van der Waals surface area contributed by atoms with Crippen LogP contribution in [0.5, 0.6) is 0 Å². The normalized spacial score (nSPS) is 11.5. The Kier molecular flexibility index (Phi) is 4.18. The van der Waals surface area contributed by atoms with Gasteiger partial charge in [-0.05, 0) is 36.8 Å². The van der Waals surface area contributed by atoms with Crippen LogP contribution >= 0.6 is 15.9 Å². The zero-order valence-electron chi connectivity index (χ0n) is 10.8. The molecule has 21 heavy (non-hydrogen) atoms. The van der Waals surface area contributed by atoms with Gasteiger partial charge < -0.3 is 0 Å². The van der Waals surface area contributed by atoms with E-state index in [9.17, 15) is 22.4 Å². The van der Waals surface area contributed by atoms with Gasteiger partial charge in [0, 0.05) is 15.6 Å². The quantitative estimate of drug-likeness (QED) is 0.534. The highest BCUT2D eigenvalue weighted by Gasteiger charge is 2.33. The summed E-state index contributed by atoms with van der Waals surface area (Å²) < 4.78 is 51.7. The van der Waals surface area contributed by atoms with Crippen molar-refractivity contribution in [3.8, 4) is 0 Å². The van der Waals surface area contributed by atoms with E-state index in [1.807, 2.05) is 0 Å². The fourth-order valence-corrected chi connectivity index (χ4v) is 2.26. The van der Waals surface area contributed by atoms with Crippen molar-refractivity contribution in [1.29, 1.82) is 0 Å². The molecule has 110 valence electrons. The van der Waals surface area contributed by atoms with Gasteiger partial charge in [-0.25, -0.2) is 4.39 Å². The van der Waals surface area contributed by atoms with E-state index in [1.165, 1.54) is 25.1 Å². The summed E-state index contributed by atoms with van der Waals surface area (Å²) in [6, 6.07) is 6.99. The molecule has 0 fully saturated rings. The summed E-state index contributed by atoms with van der Waals surface area (Å²) in [5, 5.41) is 0. The van der Waals surface area contributed by atoms with Gasteiger partial charge in [-0.15, -0.1) is 0 Å². The number of hydrogen-bond acceptors (Lipinski definition) is 1. The van der Waals surface area contributed by atoms with Crippen molar-refractivity contribution in [1.82, 2.24) is 0 Å². The second-order valence-corrected chi connectivity index (χ2v) is 5.34. The minimum absolute atomic E-state index is 0.00791. The van der Waals surface area contributed by atoms with Gasteiger partial charge in [0.25, 0.3) is 0 Å². The summed E-state index contributed by atoms with van der Waals surface area (Å²) in [5.41, 5.74) is -0.721. The zero-order valence-corrected chi connectivity index (χ0v) is 12.3. The summed E-state index contributed by atoms with van der Waals surface area (Å²) in [4.78, 5) is 12.2. The van der Waals surface area contributed by atoms with Crippen molar-refractivity contribution in [3.05, 3.63) is 68.9 Å². The first kappa shape index (κ1) is 15.7. The monoisotopic (exact) mass is 360 g/mol. The molecule has 6 heteroatoms. The van der Waals surface area contributed by atoms with Crippen molar-refractivity contribution in [2.75, 3.05) is 0 Å². The molecule has 0 aliphatic heterocycles. The van der Waals surface area contributed by atoms with Gasteiger partial charge in [0.2, 0.25) is 0 Å². The second-order valence-electron chi connectivity index (χ2n) is 4.49. The number of ketones is 1. The number of rotatable bonds is 2. The van der Waals surface area contributed by atoms with Gasteiger partial charge in [-0.2, -0.15) is 13.2 Å². The summed E-state index contributed by atoms with van der Waals surface area (Å²) in [7, 11) is 0. The van der Waals surface area contributed by atoms with Crippen LogP contribution in [0.25, 0.3) is 0 Å². The molecule has 0 N–H and O–H groups in total. The molecule has 0 atom stereocenters. The lowest BCUT2D eigenvalue weighted by molar-refractivity contribution is -0.138. The van der Waals surface area contributed by atoms with Gasteiger partial charge in [-0.1, -0.05) is 28.1 Å². The molecule has 2 rings (SSSR count). The van der Waals surface area contributed by atoms with E-state index in [4.69, 9.17) is 0 Å². The van der Waals surface area contributed by atoms with Crippen LogP contribution in [0.3, 0.4) is 0 Å². The number of carbonyl (C=O) groups excluding carboxylic acids is 1. The van der Waals surface area contributed by atoms with E-state index in [1.54, 1.807) is 0 Å². The highest BCUT2D eigenvalue weighted by Crippen LogP contribution is 2.35. The maximum absolute atomic E-state index is 13.4. The molecule has 0 bridgehead atoms. The van der Waals surface area contributed by atoms with Crippen molar-refractivity contribution >= 4 is 21.7 Å². The Morgan fingerprint density at radius 3 is 2.19 bits per heavy atom. The predicted molar refractivity (Wildman–Crippen MR) is 73.7 cm³/mol. The lowest BCUT2D eigenvalue weighted by atomic mass is 10.00. The first-order valence-electron chi connectivity index (χ1n) is 5.88. The molecule has 0 aromatic heterocycles. The molecular weight excluding hydrogens is 352 g/mol. The van der Waals surface area contributed by atoms with Gasteiger partial charge in [0.1, 0.15) is 5.82 Å². The Bertz CT molecular complexity index is 707. The van der Waals surface area contributed by atoms with E-state index in [2.05, 4.69) is 15.9 Å². The average molecular weight is 361 g/mol. The minimum atomic E-state index is -4.58. The number of alkyl halides is 3. The third-order valence-corrected chi connectivity index (χ3v) is 3.66. The Balaban J connectivity index is 2.46. The summed E-state index contributed by atoms with van der Waals surface area (Å²) >= 11 is 2.80. The standard InChI is InChI=1S/C15H9BrF4O/c1-8-2-3-10(7-13(8)17)14(21)9-4-5-12(16)11(6-9)15(18,19)20/h2-7H,1H3. The number of hydrogen-bond donors (Lipinski definition) is 0. The molecule has 0 heterocycles. The molecule has 0 saturated heterocycles. The third-order valence-electron chi connectivity index (χ3n) is 2.97. The third kappa shape index (κ3) is 3.32. The lowest BCUT2D eigenvalue weighted by Gasteiger charge is -2.11. The SMILES string of the molecule is Cc1ccc(C(=O)c2ccc(Br)c(C(F)(F)F)c2)cc1F. The Morgan fingerprint density at radius 2 is 1.62 bits per heavy atom. The van der Waals surface area contributed by atoms with Gasteiger partial charge >= 0.3 is 6.18 Å². The highest BCUT2D eigenvalue weighted by molar-refractivity contribution is 9.10. The first-order valence-corrected chi connectivity index (χ1v) is 6.67. The van der Waals surface area contributed by atoms with Crippen LogP contribution in [0.15, 0.2) is 40.9 Å². The van der Waals surface area contributed by atoms with E-state index >= 15 is 0 Å². The molecule has 0 spiro atoms. The predicted octanol–water partition coefficient (Wildman–Crippen LogP) is 5.15. The number of benzene rings is 2. The molecule has 0 saturated carbocycles. The van der Waals surface area contributed by atoms with Crippen LogP contribution < -0.4 is 0 Å². The van der Waals surface area contributed by atoms with Gasteiger partial charge in [0.05, 0.1) is 5.56 Å². The van der Waals surface area contributed by atoms with Crippen molar-refractivity contribution in [2.45, 2.75) is 13.1 Å². The Hall–Kier alpha value is -1.69. The van der Waals surface area contributed by atoms with Crippen LogP contribution in [-0.2, 0) is 6.18 Å². The van der Waals surface area contributed by atoms with Gasteiger partial charge in [-0.3, -0.25) is 4.79 Å². The first-order chi connectivity index (χ1) is 9.70. The average Bonchev–Trinajstić information content (AvgIpc) is 2.40. The van der Waals surface area contributed by atoms with Crippen LogP contribution in [0, 0.1) is 12.7 Å². The summed E-state index contributed by atoms with van der Waals surface area (Å²) in [6.07, 6.45) is -4.58. The molecule has 0 aliphatic rings. The van der Waals surface area contributed by atoms with Gasteiger partial charge in [0.15, 0.2) is 5.78 Å². The Labute approximate surface area is 126 Å². The topological polar surface area (TPSA) is 17.1 Å². The fourth-order valence-electron chi connectivity index (χ4n) is 1.78. The van der Waals surface area contributed by atoms with Crippen molar-refractivity contribution in [3.63, 3.8) is 0 Å². The molecule has 0 radical (unpaired) electrons. The molecule has 2 aromatic rings. The second kappa shape index (κ2) is 5.60. The maximum Gasteiger partial charge on any atom is 0.417 e. The van der Waals surface area contributed by atoms with Crippen LogP contribution in [0.1, 0.15) is 27.0 Å². The van der Waals surface area contributed by atoms with Crippen molar-refractivity contribution < 1.29 is 22.4 Å². The molecule has 0 unspecified atom stereocenters. The summed E-state index contributed by atoms with van der Waals surface area (Å²) in [6.45, 7) is 1.53. The smallest absolute Gasteiger partial charge is 0.289 e. The van der Waals surface area contributed by atoms with E-state index in [0.29, 0.717) is 5.56 Å². The number of carbonyl (C=O) groups is 1. The molecule has 0 amide bonds.